The van der Waals surface area contributed by atoms with E-state index in [9.17, 15) is 0 Å². The summed E-state index contributed by atoms with van der Waals surface area (Å²) < 4.78 is 5.87. The highest BCUT2D eigenvalue weighted by Gasteiger charge is 2.19. The molecule has 0 aromatic carbocycles. The van der Waals surface area contributed by atoms with Crippen molar-refractivity contribution in [1.82, 2.24) is 0 Å². The van der Waals surface area contributed by atoms with Gasteiger partial charge in [-0.25, -0.2) is 0 Å². The molecule has 29 heavy (non-hydrogen) atoms. The highest BCUT2D eigenvalue weighted by atomic mass is 28.2. The van der Waals surface area contributed by atoms with Crippen molar-refractivity contribution in [3.8, 4) is 11.8 Å². The topological polar surface area (TPSA) is 9.23 Å². The lowest BCUT2D eigenvalue weighted by molar-refractivity contribution is 0.359. The summed E-state index contributed by atoms with van der Waals surface area (Å²) in [5, 5.41) is 0.320. The Morgan fingerprint density at radius 1 is 0.586 bits per heavy atom. The van der Waals surface area contributed by atoms with Crippen LogP contribution in [-0.2, 0) is 4.43 Å². The first-order valence-corrected chi connectivity index (χ1v) is 13.9. The molecule has 0 atom stereocenters. The van der Waals surface area contributed by atoms with Crippen molar-refractivity contribution in [2.75, 3.05) is 6.61 Å². The first-order valence-electron chi connectivity index (χ1n) is 13.0. The minimum absolute atomic E-state index is 0.320. The van der Waals surface area contributed by atoms with Gasteiger partial charge in [0, 0.05) is 6.42 Å². The molecule has 0 fully saturated rings. The van der Waals surface area contributed by atoms with Crippen LogP contribution in [0, 0.1) is 11.8 Å². The maximum absolute atomic E-state index is 5.87. The summed E-state index contributed by atoms with van der Waals surface area (Å²) in [6, 6.07) is 0. The van der Waals surface area contributed by atoms with Crippen molar-refractivity contribution in [1.29, 1.82) is 0 Å². The minimum atomic E-state index is 0.320. The highest BCUT2D eigenvalue weighted by molar-refractivity contribution is 6.31. The van der Waals surface area contributed by atoms with E-state index in [1.54, 1.807) is 0 Å². The van der Waals surface area contributed by atoms with Gasteiger partial charge in [-0.3, -0.25) is 0 Å². The minimum Gasteiger partial charge on any atom is -0.406 e. The van der Waals surface area contributed by atoms with Crippen molar-refractivity contribution >= 4 is 9.76 Å². The molecule has 0 aromatic rings. The molecule has 0 aliphatic carbocycles. The summed E-state index contributed by atoms with van der Waals surface area (Å²) in [5.41, 5.74) is 0. The third-order valence-electron chi connectivity index (χ3n) is 5.68. The van der Waals surface area contributed by atoms with Gasteiger partial charge in [0.15, 0.2) is 0 Å². The van der Waals surface area contributed by atoms with E-state index in [2.05, 4.69) is 39.5 Å². The highest BCUT2D eigenvalue weighted by Crippen LogP contribution is 2.30. The summed E-state index contributed by atoms with van der Waals surface area (Å²) in [4.78, 5) is 0. The Morgan fingerprint density at radius 3 is 1.55 bits per heavy atom. The molecule has 0 bridgehead atoms. The number of hydrogen-bond donors (Lipinski definition) is 0. The predicted molar refractivity (Wildman–Crippen MR) is 133 cm³/mol. The largest absolute Gasteiger partial charge is 0.406 e. The SMILES string of the molecule is CCCCCCCCCCC#CCO[Si]C(C)(C)CCCCCCCCCCC. The summed E-state index contributed by atoms with van der Waals surface area (Å²) >= 11 is 0. The zero-order valence-corrected chi connectivity index (χ0v) is 21.6. The van der Waals surface area contributed by atoms with E-state index in [0.717, 1.165) is 6.42 Å². The van der Waals surface area contributed by atoms with Gasteiger partial charge < -0.3 is 4.43 Å². The van der Waals surface area contributed by atoms with Crippen molar-refractivity contribution in [3.63, 3.8) is 0 Å². The van der Waals surface area contributed by atoms with Gasteiger partial charge >= 0.3 is 0 Å². The standard InChI is InChI=1S/C27H52OSi/c1-5-7-9-11-13-15-16-18-20-22-24-26-28-29-27(3,4)25-23-21-19-17-14-12-10-8-6-2/h5-21,23,25-26H2,1-4H3. The Labute approximate surface area is 187 Å². The van der Waals surface area contributed by atoms with Crippen LogP contribution in [0.5, 0.6) is 0 Å². The molecule has 1 nitrogen and oxygen atoms in total. The van der Waals surface area contributed by atoms with E-state index in [-0.39, 0.29) is 0 Å². The van der Waals surface area contributed by atoms with E-state index in [4.69, 9.17) is 4.43 Å². The second-order valence-corrected chi connectivity index (χ2v) is 11.3. The number of hydrogen-bond acceptors (Lipinski definition) is 1. The molecule has 0 amide bonds. The second kappa shape index (κ2) is 22.4. The third-order valence-corrected chi connectivity index (χ3v) is 6.77. The predicted octanol–water partition coefficient (Wildman–Crippen LogP) is 9.28. The number of unbranched alkanes of at least 4 members (excludes halogenated alkanes) is 16. The van der Waals surface area contributed by atoms with Crippen molar-refractivity contribution in [3.05, 3.63) is 0 Å². The van der Waals surface area contributed by atoms with Crippen LogP contribution in [0.4, 0.5) is 0 Å². The van der Waals surface area contributed by atoms with Gasteiger partial charge in [0.25, 0.3) is 0 Å². The molecule has 0 saturated heterocycles. The van der Waals surface area contributed by atoms with E-state index < -0.39 is 0 Å². The smallest absolute Gasteiger partial charge is 0.237 e. The number of rotatable bonds is 21. The summed E-state index contributed by atoms with van der Waals surface area (Å²) in [6.07, 6.45) is 26.0. The molecule has 170 valence electrons. The van der Waals surface area contributed by atoms with Crippen LogP contribution < -0.4 is 0 Å². The normalized spacial score (nSPS) is 11.4. The van der Waals surface area contributed by atoms with E-state index in [1.165, 1.54) is 116 Å². The fraction of sp³-hybridized carbons (Fsp3) is 0.926. The molecule has 0 aliphatic heterocycles. The van der Waals surface area contributed by atoms with Crippen molar-refractivity contribution in [2.45, 2.75) is 155 Å². The monoisotopic (exact) mass is 420 g/mol. The molecule has 0 saturated carbocycles. The molecule has 2 radical (unpaired) electrons. The first-order chi connectivity index (χ1) is 14.1. The maximum atomic E-state index is 5.87. The lowest BCUT2D eigenvalue weighted by atomic mass is 10.0. The van der Waals surface area contributed by atoms with Gasteiger partial charge in [0.2, 0.25) is 9.76 Å². The van der Waals surface area contributed by atoms with Gasteiger partial charge in [0.1, 0.15) is 0 Å². The average molecular weight is 421 g/mol. The van der Waals surface area contributed by atoms with E-state index in [0.29, 0.717) is 21.4 Å². The van der Waals surface area contributed by atoms with Crippen LogP contribution in [0.15, 0.2) is 0 Å². The molecule has 0 rings (SSSR count). The van der Waals surface area contributed by atoms with E-state index in [1.807, 2.05) is 0 Å². The zero-order chi connectivity index (χ0) is 21.5. The molecular weight excluding hydrogens is 368 g/mol. The van der Waals surface area contributed by atoms with Crippen LogP contribution in [-0.4, -0.2) is 16.4 Å². The zero-order valence-electron chi connectivity index (χ0n) is 20.6. The van der Waals surface area contributed by atoms with Crippen LogP contribution in [0.2, 0.25) is 5.04 Å². The molecule has 0 unspecified atom stereocenters. The fourth-order valence-electron chi connectivity index (χ4n) is 3.68. The van der Waals surface area contributed by atoms with Crippen LogP contribution in [0.3, 0.4) is 0 Å². The Bertz CT molecular complexity index is 380. The van der Waals surface area contributed by atoms with Crippen LogP contribution in [0.25, 0.3) is 0 Å². The van der Waals surface area contributed by atoms with Gasteiger partial charge in [0.05, 0.1) is 6.61 Å². The molecule has 0 spiro atoms. The fourth-order valence-corrected chi connectivity index (χ4v) is 4.50. The summed E-state index contributed by atoms with van der Waals surface area (Å²) in [5.74, 6) is 6.51. The quantitative estimate of drug-likeness (QED) is 0.102. The van der Waals surface area contributed by atoms with Gasteiger partial charge in [-0.1, -0.05) is 136 Å². The molecule has 0 aromatic heterocycles. The van der Waals surface area contributed by atoms with Crippen molar-refractivity contribution < 1.29 is 4.43 Å². The third kappa shape index (κ3) is 23.9. The van der Waals surface area contributed by atoms with E-state index >= 15 is 0 Å². The lowest BCUT2D eigenvalue weighted by Gasteiger charge is -2.22. The second-order valence-electron chi connectivity index (χ2n) is 9.43. The molecule has 0 N–H and O–H groups in total. The summed E-state index contributed by atoms with van der Waals surface area (Å²) in [7, 11) is 0.580. The van der Waals surface area contributed by atoms with Crippen LogP contribution >= 0.6 is 0 Å². The molecule has 0 aliphatic rings. The van der Waals surface area contributed by atoms with Gasteiger partial charge in [-0.15, -0.1) is 5.92 Å². The Hall–Kier alpha value is -0.263. The van der Waals surface area contributed by atoms with Gasteiger partial charge in [-0.05, 0) is 17.9 Å². The van der Waals surface area contributed by atoms with Crippen molar-refractivity contribution in [2.24, 2.45) is 0 Å². The Kier molecular flexibility index (Phi) is 22.2. The molecular formula is C27H52OSi. The molecule has 2 heteroatoms. The maximum Gasteiger partial charge on any atom is 0.237 e. The van der Waals surface area contributed by atoms with Crippen LogP contribution in [0.1, 0.15) is 150 Å². The van der Waals surface area contributed by atoms with Gasteiger partial charge in [-0.2, -0.15) is 0 Å². The molecule has 0 heterocycles. The lowest BCUT2D eigenvalue weighted by Crippen LogP contribution is -2.16. The Balaban J connectivity index is 3.42. The summed E-state index contributed by atoms with van der Waals surface area (Å²) in [6.45, 7) is 9.89. The average Bonchev–Trinajstić information content (AvgIpc) is 2.70. The first kappa shape index (κ1) is 28.7. The Morgan fingerprint density at radius 2 is 1.03 bits per heavy atom.